The Bertz CT molecular complexity index is 1180. The molecule has 1 amide bonds. The van der Waals surface area contributed by atoms with Gasteiger partial charge in [0.15, 0.2) is 10.8 Å². The molecule has 0 spiro atoms. The summed E-state index contributed by atoms with van der Waals surface area (Å²) in [5, 5.41) is 9.06. The Hall–Kier alpha value is -2.03. The van der Waals surface area contributed by atoms with Crippen molar-refractivity contribution in [1.29, 1.82) is 0 Å². The highest BCUT2D eigenvalue weighted by Crippen LogP contribution is 2.34. The molecular weight excluding hydrogens is 433 g/mol. The van der Waals surface area contributed by atoms with E-state index in [0.717, 1.165) is 0 Å². The van der Waals surface area contributed by atoms with Crippen LogP contribution in [0.3, 0.4) is 0 Å². The fraction of sp³-hybridized carbons (Fsp3) is 0.368. The van der Waals surface area contributed by atoms with E-state index in [1.807, 2.05) is 20.8 Å². The number of fused-ring (bicyclic) bond motifs is 2. The van der Waals surface area contributed by atoms with Gasteiger partial charge in [0.1, 0.15) is 5.39 Å². The van der Waals surface area contributed by atoms with Crippen LogP contribution in [-0.2, 0) is 10.3 Å². The number of anilines is 1. The maximum absolute atomic E-state index is 13.1. The van der Waals surface area contributed by atoms with Crippen molar-refractivity contribution in [3.8, 4) is 0 Å². The van der Waals surface area contributed by atoms with Crippen LogP contribution >= 0.6 is 35.0 Å². The van der Waals surface area contributed by atoms with Crippen LogP contribution in [0.2, 0.25) is 10.0 Å². The fourth-order valence-electron chi connectivity index (χ4n) is 3.28. The van der Waals surface area contributed by atoms with Crippen molar-refractivity contribution in [1.82, 2.24) is 19.3 Å². The molecule has 0 radical (unpaired) electrons. The predicted molar refractivity (Wildman–Crippen MR) is 116 cm³/mol. The van der Waals surface area contributed by atoms with E-state index in [1.54, 1.807) is 33.6 Å². The number of aromatic nitrogens is 4. The zero-order chi connectivity index (χ0) is 20.9. The lowest BCUT2D eigenvalue weighted by Crippen LogP contribution is -2.29. The summed E-state index contributed by atoms with van der Waals surface area (Å²) in [6.45, 7) is 6.02. The molecular formula is C19H19Cl2N5O2S. The van der Waals surface area contributed by atoms with Crippen molar-refractivity contribution >= 4 is 57.6 Å². The number of carbonyl (C=O) groups is 1. The van der Waals surface area contributed by atoms with Crippen LogP contribution in [-0.4, -0.2) is 31.0 Å². The second-order valence-corrected chi connectivity index (χ2v) is 9.71. The smallest absolute Gasteiger partial charge is 0.265 e. The van der Waals surface area contributed by atoms with Crippen molar-refractivity contribution in [3.05, 3.63) is 44.8 Å². The Balaban J connectivity index is 1.61. The van der Waals surface area contributed by atoms with E-state index in [-0.39, 0.29) is 29.5 Å². The van der Waals surface area contributed by atoms with E-state index in [1.165, 1.54) is 11.8 Å². The highest BCUT2D eigenvalue weighted by atomic mass is 35.5. The third-order valence-corrected chi connectivity index (χ3v) is 6.28. The van der Waals surface area contributed by atoms with Crippen LogP contribution in [0, 0.1) is 0 Å². The number of nitrogens with zero attached hydrogens (tertiary/aromatic N) is 4. The molecule has 2 aromatic heterocycles. The minimum absolute atomic E-state index is 0.138. The van der Waals surface area contributed by atoms with Gasteiger partial charge in [0.25, 0.3) is 5.56 Å². The molecule has 1 unspecified atom stereocenters. The Morgan fingerprint density at radius 1 is 1.34 bits per heavy atom. The summed E-state index contributed by atoms with van der Waals surface area (Å²) in [6, 6.07) is 4.58. The van der Waals surface area contributed by atoms with Gasteiger partial charge >= 0.3 is 0 Å². The van der Waals surface area contributed by atoms with Crippen molar-refractivity contribution < 1.29 is 4.79 Å². The molecule has 0 aliphatic carbocycles. The Kier molecular flexibility index (Phi) is 5.13. The highest BCUT2D eigenvalue weighted by molar-refractivity contribution is 7.99. The largest absolute Gasteiger partial charge is 0.325 e. The molecule has 7 nitrogen and oxygen atoms in total. The molecule has 1 aromatic carbocycles. The standard InChI is InChI=1S/C19H19Cl2N5O2S/c1-19(2,3)26-16-12(8-22-26)17(28)25-11(9-29-18(25)24-16)7-15(27)23-14-5-4-10(20)6-13(14)21/h4-6,8,11H,7,9H2,1-3H3,(H,23,27). The normalized spacial score (nSPS) is 16.2. The third-order valence-electron chi connectivity index (χ3n) is 4.63. The second kappa shape index (κ2) is 7.34. The van der Waals surface area contributed by atoms with Gasteiger partial charge in [0, 0.05) is 17.2 Å². The lowest BCUT2D eigenvalue weighted by molar-refractivity contribution is -0.116. The molecule has 0 bridgehead atoms. The zero-order valence-corrected chi connectivity index (χ0v) is 18.4. The number of thioether (sulfide) groups is 1. The first-order valence-corrected chi connectivity index (χ1v) is 10.8. The first-order chi connectivity index (χ1) is 13.6. The summed E-state index contributed by atoms with van der Waals surface area (Å²) in [7, 11) is 0. The van der Waals surface area contributed by atoms with E-state index < -0.39 is 0 Å². The SMILES string of the molecule is CC(C)(C)n1ncc2c(=O)n3c(nc21)SCC3CC(=O)Nc1ccc(Cl)cc1Cl. The molecule has 0 saturated heterocycles. The number of amides is 1. The minimum Gasteiger partial charge on any atom is -0.325 e. The molecule has 152 valence electrons. The Labute approximate surface area is 181 Å². The van der Waals surface area contributed by atoms with E-state index in [9.17, 15) is 9.59 Å². The van der Waals surface area contributed by atoms with Gasteiger partial charge in [-0.1, -0.05) is 35.0 Å². The molecule has 0 saturated carbocycles. The number of hydrogen-bond acceptors (Lipinski definition) is 5. The van der Waals surface area contributed by atoms with E-state index in [2.05, 4.69) is 15.4 Å². The van der Waals surface area contributed by atoms with Crippen molar-refractivity contribution in [3.63, 3.8) is 0 Å². The number of carbonyl (C=O) groups excluding carboxylic acids is 1. The van der Waals surface area contributed by atoms with Crippen molar-refractivity contribution in [2.45, 2.75) is 43.9 Å². The number of benzene rings is 1. The molecule has 1 aliphatic rings. The third kappa shape index (κ3) is 3.76. The van der Waals surface area contributed by atoms with Crippen LogP contribution in [0.1, 0.15) is 33.2 Å². The number of halogens is 2. The monoisotopic (exact) mass is 451 g/mol. The van der Waals surface area contributed by atoms with Crippen molar-refractivity contribution in [2.24, 2.45) is 0 Å². The van der Waals surface area contributed by atoms with Crippen LogP contribution in [0.4, 0.5) is 5.69 Å². The molecule has 3 heterocycles. The molecule has 29 heavy (non-hydrogen) atoms. The van der Waals surface area contributed by atoms with Crippen LogP contribution < -0.4 is 10.9 Å². The fourth-order valence-corrected chi connectivity index (χ4v) is 4.86. The average molecular weight is 452 g/mol. The number of rotatable bonds is 3. The molecule has 1 aliphatic heterocycles. The van der Waals surface area contributed by atoms with Gasteiger partial charge in [-0.15, -0.1) is 0 Å². The predicted octanol–water partition coefficient (Wildman–Crippen LogP) is 4.33. The first kappa shape index (κ1) is 20.3. The summed E-state index contributed by atoms with van der Waals surface area (Å²) in [5.74, 6) is 0.365. The van der Waals surface area contributed by atoms with E-state index in [0.29, 0.717) is 37.7 Å². The van der Waals surface area contributed by atoms with Gasteiger partial charge in [0.05, 0.1) is 28.5 Å². The molecule has 1 atom stereocenters. The van der Waals surface area contributed by atoms with Crippen molar-refractivity contribution in [2.75, 3.05) is 11.1 Å². The highest BCUT2D eigenvalue weighted by Gasteiger charge is 2.30. The van der Waals surface area contributed by atoms with Crippen LogP contribution in [0.5, 0.6) is 0 Å². The number of nitrogens with one attached hydrogen (secondary N) is 1. The van der Waals surface area contributed by atoms with Gasteiger partial charge in [-0.05, 0) is 39.0 Å². The Morgan fingerprint density at radius 2 is 2.10 bits per heavy atom. The quantitative estimate of drug-likeness (QED) is 0.599. The molecule has 3 aromatic rings. The second-order valence-electron chi connectivity index (χ2n) is 7.88. The van der Waals surface area contributed by atoms with Gasteiger partial charge in [-0.3, -0.25) is 14.2 Å². The molecule has 10 heteroatoms. The first-order valence-electron chi connectivity index (χ1n) is 9.03. The van der Waals surface area contributed by atoms with Crippen LogP contribution in [0.25, 0.3) is 11.0 Å². The minimum atomic E-state index is -0.291. The van der Waals surface area contributed by atoms with Crippen LogP contribution in [0.15, 0.2) is 34.3 Å². The molecule has 1 N–H and O–H groups in total. The van der Waals surface area contributed by atoms with Gasteiger partial charge in [-0.2, -0.15) is 5.10 Å². The maximum atomic E-state index is 13.1. The summed E-state index contributed by atoms with van der Waals surface area (Å²) in [6.07, 6.45) is 1.69. The summed E-state index contributed by atoms with van der Waals surface area (Å²) < 4.78 is 3.36. The zero-order valence-electron chi connectivity index (χ0n) is 16.1. The van der Waals surface area contributed by atoms with E-state index >= 15 is 0 Å². The number of hydrogen-bond donors (Lipinski definition) is 1. The lowest BCUT2D eigenvalue weighted by Gasteiger charge is -2.20. The average Bonchev–Trinajstić information content (AvgIpc) is 3.22. The summed E-state index contributed by atoms with van der Waals surface area (Å²) in [4.78, 5) is 30.3. The topological polar surface area (TPSA) is 81.8 Å². The Morgan fingerprint density at radius 3 is 2.79 bits per heavy atom. The summed E-state index contributed by atoms with van der Waals surface area (Å²) in [5.41, 5.74) is 0.590. The summed E-state index contributed by atoms with van der Waals surface area (Å²) >= 11 is 13.5. The lowest BCUT2D eigenvalue weighted by atomic mass is 10.1. The van der Waals surface area contributed by atoms with Gasteiger partial charge < -0.3 is 5.32 Å². The van der Waals surface area contributed by atoms with Gasteiger partial charge in [-0.25, -0.2) is 9.67 Å². The maximum Gasteiger partial charge on any atom is 0.265 e. The van der Waals surface area contributed by atoms with Gasteiger partial charge in [0.2, 0.25) is 5.91 Å². The molecule has 0 fully saturated rings. The molecule has 4 rings (SSSR count). The van der Waals surface area contributed by atoms with E-state index in [4.69, 9.17) is 23.2 Å².